The molecule has 8 heteroatoms. The number of benzene rings is 2. The monoisotopic (exact) mass is 394 g/mol. The molecule has 0 unspecified atom stereocenters. The lowest BCUT2D eigenvalue weighted by atomic mass is 9.97. The predicted molar refractivity (Wildman–Crippen MR) is 96.1 cm³/mol. The molecule has 0 atom stereocenters. The maximum absolute atomic E-state index is 13.9. The van der Waals surface area contributed by atoms with Gasteiger partial charge in [0.15, 0.2) is 0 Å². The minimum Gasteiger partial charge on any atom is -0.352 e. The Hall–Kier alpha value is -2.32. The van der Waals surface area contributed by atoms with E-state index in [-0.39, 0.29) is 24.9 Å². The number of amides is 1. The SMILES string of the molecule is O=C(NCc1ccccc1)C1CCN(S(=O)(=O)c2ccc(F)cc2F)CC1. The van der Waals surface area contributed by atoms with E-state index in [0.29, 0.717) is 25.5 Å². The molecule has 2 aromatic carbocycles. The number of halogens is 2. The molecular formula is C19H20F2N2O3S. The van der Waals surface area contributed by atoms with Crippen LogP contribution in [-0.4, -0.2) is 31.7 Å². The van der Waals surface area contributed by atoms with Gasteiger partial charge in [-0.2, -0.15) is 4.31 Å². The van der Waals surface area contributed by atoms with Crippen LogP contribution in [0.3, 0.4) is 0 Å². The second-order valence-corrected chi connectivity index (χ2v) is 8.36. The highest BCUT2D eigenvalue weighted by Gasteiger charge is 2.33. The molecule has 3 rings (SSSR count). The van der Waals surface area contributed by atoms with Crippen LogP contribution in [-0.2, 0) is 21.4 Å². The molecule has 2 aromatic rings. The van der Waals surface area contributed by atoms with Crippen molar-refractivity contribution < 1.29 is 22.0 Å². The maximum atomic E-state index is 13.9. The van der Waals surface area contributed by atoms with Gasteiger partial charge in [-0.3, -0.25) is 4.79 Å². The maximum Gasteiger partial charge on any atom is 0.245 e. The highest BCUT2D eigenvalue weighted by atomic mass is 32.2. The highest BCUT2D eigenvalue weighted by molar-refractivity contribution is 7.89. The molecule has 144 valence electrons. The van der Waals surface area contributed by atoms with Crippen LogP contribution >= 0.6 is 0 Å². The number of carbonyl (C=O) groups excluding carboxylic acids is 1. The minimum atomic E-state index is -4.05. The van der Waals surface area contributed by atoms with Crippen molar-refractivity contribution in [2.75, 3.05) is 13.1 Å². The predicted octanol–water partition coefficient (Wildman–Crippen LogP) is 2.68. The first kappa shape index (κ1) is 19.4. The molecule has 27 heavy (non-hydrogen) atoms. The number of hydrogen-bond donors (Lipinski definition) is 1. The summed E-state index contributed by atoms with van der Waals surface area (Å²) in [5, 5.41) is 2.86. The van der Waals surface area contributed by atoms with Crippen molar-refractivity contribution in [3.8, 4) is 0 Å². The summed E-state index contributed by atoms with van der Waals surface area (Å²) in [6, 6.07) is 11.9. The quantitative estimate of drug-likeness (QED) is 0.848. The highest BCUT2D eigenvalue weighted by Crippen LogP contribution is 2.26. The first-order chi connectivity index (χ1) is 12.9. The molecule has 1 fully saturated rings. The van der Waals surface area contributed by atoms with Gasteiger partial charge in [-0.25, -0.2) is 17.2 Å². The standard InChI is InChI=1S/C19H20F2N2O3S/c20-16-6-7-18(17(21)12-16)27(25,26)23-10-8-15(9-11-23)19(24)22-13-14-4-2-1-3-5-14/h1-7,12,15H,8-11,13H2,(H,22,24). The summed E-state index contributed by atoms with van der Waals surface area (Å²) in [5.74, 6) is -2.36. The summed E-state index contributed by atoms with van der Waals surface area (Å²) < 4.78 is 53.2. The van der Waals surface area contributed by atoms with Crippen LogP contribution in [0, 0.1) is 17.6 Å². The lowest BCUT2D eigenvalue weighted by molar-refractivity contribution is -0.126. The van der Waals surface area contributed by atoms with Crippen molar-refractivity contribution in [1.82, 2.24) is 9.62 Å². The van der Waals surface area contributed by atoms with Crippen molar-refractivity contribution in [2.45, 2.75) is 24.3 Å². The van der Waals surface area contributed by atoms with Crippen molar-refractivity contribution in [2.24, 2.45) is 5.92 Å². The minimum absolute atomic E-state index is 0.114. The summed E-state index contributed by atoms with van der Waals surface area (Å²) >= 11 is 0. The van der Waals surface area contributed by atoms with E-state index >= 15 is 0 Å². The van der Waals surface area contributed by atoms with Gasteiger partial charge < -0.3 is 5.32 Å². The Morgan fingerprint density at radius 1 is 1.07 bits per heavy atom. The van der Waals surface area contributed by atoms with Gasteiger partial charge in [0, 0.05) is 31.6 Å². The summed E-state index contributed by atoms with van der Waals surface area (Å²) in [6.45, 7) is 0.643. The number of piperidine rings is 1. The second-order valence-electron chi connectivity index (χ2n) is 6.46. The van der Waals surface area contributed by atoms with Crippen LogP contribution < -0.4 is 5.32 Å². The van der Waals surface area contributed by atoms with Gasteiger partial charge in [0.2, 0.25) is 15.9 Å². The van der Waals surface area contributed by atoms with E-state index in [2.05, 4.69) is 5.32 Å². The molecule has 0 radical (unpaired) electrons. The average molecular weight is 394 g/mol. The van der Waals surface area contributed by atoms with Gasteiger partial charge in [-0.05, 0) is 30.5 Å². The molecule has 0 bridgehead atoms. The molecule has 1 saturated heterocycles. The first-order valence-electron chi connectivity index (χ1n) is 8.65. The molecule has 0 spiro atoms. The lowest BCUT2D eigenvalue weighted by Gasteiger charge is -2.30. The van der Waals surface area contributed by atoms with Crippen LogP contribution in [0.5, 0.6) is 0 Å². The number of hydrogen-bond acceptors (Lipinski definition) is 3. The molecule has 0 saturated carbocycles. The average Bonchev–Trinajstić information content (AvgIpc) is 2.66. The number of rotatable bonds is 5. The third-order valence-corrected chi connectivity index (χ3v) is 6.58. The van der Waals surface area contributed by atoms with Gasteiger partial charge in [0.1, 0.15) is 16.5 Å². The van der Waals surface area contributed by atoms with Gasteiger partial charge in [0.05, 0.1) is 0 Å². The Morgan fingerprint density at radius 3 is 2.37 bits per heavy atom. The molecule has 1 heterocycles. The fraction of sp³-hybridized carbons (Fsp3) is 0.316. The summed E-state index contributed by atoms with van der Waals surface area (Å²) in [6.07, 6.45) is 0.700. The summed E-state index contributed by atoms with van der Waals surface area (Å²) in [5.41, 5.74) is 0.984. The zero-order valence-corrected chi connectivity index (χ0v) is 15.4. The third kappa shape index (κ3) is 4.51. The lowest BCUT2D eigenvalue weighted by Crippen LogP contribution is -2.43. The van der Waals surface area contributed by atoms with Crippen LogP contribution in [0.25, 0.3) is 0 Å². The van der Waals surface area contributed by atoms with E-state index < -0.39 is 26.6 Å². The Morgan fingerprint density at radius 2 is 1.74 bits per heavy atom. The fourth-order valence-corrected chi connectivity index (χ4v) is 4.63. The first-order valence-corrected chi connectivity index (χ1v) is 10.1. The van der Waals surface area contributed by atoms with E-state index in [9.17, 15) is 22.0 Å². The van der Waals surface area contributed by atoms with E-state index in [1.54, 1.807) is 0 Å². The number of carbonyl (C=O) groups is 1. The Labute approximate surface area is 157 Å². The molecule has 5 nitrogen and oxygen atoms in total. The van der Waals surface area contributed by atoms with Crippen molar-refractivity contribution in [1.29, 1.82) is 0 Å². The second kappa shape index (κ2) is 8.14. The molecule has 0 aromatic heterocycles. The largest absolute Gasteiger partial charge is 0.352 e. The topological polar surface area (TPSA) is 66.5 Å². The molecule has 1 amide bonds. The van der Waals surface area contributed by atoms with Crippen molar-refractivity contribution in [3.05, 3.63) is 65.7 Å². The number of nitrogens with one attached hydrogen (secondary N) is 1. The zero-order chi connectivity index (χ0) is 19.4. The van der Waals surface area contributed by atoms with Gasteiger partial charge in [-0.15, -0.1) is 0 Å². The van der Waals surface area contributed by atoms with Gasteiger partial charge in [-0.1, -0.05) is 30.3 Å². The van der Waals surface area contributed by atoms with Crippen LogP contribution in [0.4, 0.5) is 8.78 Å². The van der Waals surface area contributed by atoms with Crippen LogP contribution in [0.15, 0.2) is 53.4 Å². The normalized spacial score (nSPS) is 16.2. The Kier molecular flexibility index (Phi) is 5.86. The van der Waals surface area contributed by atoms with Crippen molar-refractivity contribution in [3.63, 3.8) is 0 Å². The smallest absolute Gasteiger partial charge is 0.245 e. The van der Waals surface area contributed by atoms with Gasteiger partial charge >= 0.3 is 0 Å². The van der Waals surface area contributed by atoms with Crippen LogP contribution in [0.2, 0.25) is 0 Å². The number of sulfonamides is 1. The van der Waals surface area contributed by atoms with Gasteiger partial charge in [0.25, 0.3) is 0 Å². The Bertz CT molecular complexity index is 912. The molecular weight excluding hydrogens is 374 g/mol. The third-order valence-electron chi connectivity index (χ3n) is 4.65. The fourth-order valence-electron chi connectivity index (χ4n) is 3.11. The summed E-state index contributed by atoms with van der Waals surface area (Å²) in [4.78, 5) is 11.8. The molecule has 1 aliphatic rings. The zero-order valence-electron chi connectivity index (χ0n) is 14.6. The van der Waals surface area contributed by atoms with E-state index in [1.807, 2.05) is 30.3 Å². The molecule has 1 N–H and O–H groups in total. The van der Waals surface area contributed by atoms with Crippen LogP contribution in [0.1, 0.15) is 18.4 Å². The van der Waals surface area contributed by atoms with Crippen molar-refractivity contribution >= 4 is 15.9 Å². The van der Waals surface area contributed by atoms with E-state index in [4.69, 9.17) is 0 Å². The molecule has 1 aliphatic heterocycles. The van der Waals surface area contributed by atoms with E-state index in [1.165, 1.54) is 0 Å². The van der Waals surface area contributed by atoms with E-state index in [0.717, 1.165) is 22.0 Å². The number of nitrogens with zero attached hydrogens (tertiary/aromatic N) is 1. The Balaban J connectivity index is 1.58. The molecule has 0 aliphatic carbocycles. The summed E-state index contributed by atoms with van der Waals surface area (Å²) in [7, 11) is -4.05.